The molecule has 1 atom stereocenters. The van der Waals surface area contributed by atoms with Gasteiger partial charge in [-0.1, -0.05) is 61.9 Å². The summed E-state index contributed by atoms with van der Waals surface area (Å²) in [6.07, 6.45) is 8.66. The van der Waals surface area contributed by atoms with Crippen molar-refractivity contribution in [1.82, 2.24) is 20.2 Å². The lowest BCUT2D eigenvalue weighted by Gasteiger charge is -2.18. The molecule has 0 amide bonds. The van der Waals surface area contributed by atoms with Crippen LogP contribution in [-0.4, -0.2) is 40.3 Å². The fourth-order valence-electron chi connectivity index (χ4n) is 4.01. The lowest BCUT2D eigenvalue weighted by Crippen LogP contribution is -2.40. The van der Waals surface area contributed by atoms with E-state index in [2.05, 4.69) is 82.6 Å². The van der Waals surface area contributed by atoms with Crippen LogP contribution < -0.4 is 10.6 Å². The predicted octanol–water partition coefficient (Wildman–Crippen LogP) is 5.07. The average molecular weight is 576 g/mol. The van der Waals surface area contributed by atoms with Gasteiger partial charge in [0.25, 0.3) is 0 Å². The second-order valence-corrected chi connectivity index (χ2v) is 8.33. The molecule has 0 aliphatic heterocycles. The van der Waals surface area contributed by atoms with E-state index in [1.54, 1.807) is 6.20 Å². The zero-order chi connectivity index (χ0) is 23.3. The zero-order valence-corrected chi connectivity index (χ0v) is 22.6. The van der Waals surface area contributed by atoms with E-state index in [1.807, 2.05) is 12.5 Å². The first-order chi connectivity index (χ1) is 16.2. The molecule has 2 aromatic carbocycles. The first-order valence-corrected chi connectivity index (χ1v) is 12.0. The molecule has 3 rings (SSSR count). The van der Waals surface area contributed by atoms with Gasteiger partial charge in [-0.3, -0.25) is 0 Å². The van der Waals surface area contributed by atoms with Crippen LogP contribution in [0.25, 0.3) is 11.1 Å². The highest BCUT2D eigenvalue weighted by Crippen LogP contribution is 2.25. The number of guanidine groups is 1. The van der Waals surface area contributed by atoms with Gasteiger partial charge in [0.15, 0.2) is 5.96 Å². The second kappa shape index (κ2) is 15.5. The lowest BCUT2D eigenvalue weighted by molar-refractivity contribution is 0.251. The molecule has 0 aliphatic rings. The van der Waals surface area contributed by atoms with Crippen molar-refractivity contribution in [2.45, 2.75) is 46.2 Å². The molecule has 1 heterocycles. The Morgan fingerprint density at radius 3 is 2.53 bits per heavy atom. The number of hydrogen-bond donors (Lipinski definition) is 3. The molecule has 6 nitrogen and oxygen atoms in total. The summed E-state index contributed by atoms with van der Waals surface area (Å²) in [6, 6.07) is 17.2. The van der Waals surface area contributed by atoms with E-state index in [1.165, 1.54) is 22.3 Å². The van der Waals surface area contributed by atoms with Crippen LogP contribution in [0.4, 0.5) is 0 Å². The maximum Gasteiger partial charge on any atom is 0.191 e. The number of hydrogen-bond acceptors (Lipinski definition) is 3. The van der Waals surface area contributed by atoms with Crippen LogP contribution in [-0.2, 0) is 13.1 Å². The van der Waals surface area contributed by atoms with Gasteiger partial charge in [-0.15, -0.1) is 24.0 Å². The van der Waals surface area contributed by atoms with Crippen molar-refractivity contribution < 1.29 is 5.11 Å². The quantitative estimate of drug-likeness (QED) is 0.160. The summed E-state index contributed by atoms with van der Waals surface area (Å²) >= 11 is 0. The number of aliphatic hydroxyl groups excluding tert-OH is 1. The summed E-state index contributed by atoms with van der Waals surface area (Å²) in [6.45, 7) is 7.54. The molecule has 0 saturated heterocycles. The summed E-state index contributed by atoms with van der Waals surface area (Å²) in [4.78, 5) is 8.96. The number of nitrogens with zero attached hydrogens (tertiary/aromatic N) is 3. The van der Waals surface area contributed by atoms with Gasteiger partial charge in [-0.25, -0.2) is 9.98 Å². The Balaban J connectivity index is 0.00000408. The topological polar surface area (TPSA) is 74.5 Å². The van der Waals surface area contributed by atoms with Gasteiger partial charge in [0.2, 0.25) is 0 Å². The summed E-state index contributed by atoms with van der Waals surface area (Å²) < 4.78 is 2.07. The number of halogens is 1. The Labute approximate surface area is 220 Å². The van der Waals surface area contributed by atoms with E-state index < -0.39 is 0 Å². The maximum absolute atomic E-state index is 9.33. The highest BCUT2D eigenvalue weighted by Gasteiger charge is 2.09. The molecule has 184 valence electrons. The molecule has 34 heavy (non-hydrogen) atoms. The highest BCUT2D eigenvalue weighted by atomic mass is 127. The Morgan fingerprint density at radius 1 is 1.06 bits per heavy atom. The van der Waals surface area contributed by atoms with Crippen molar-refractivity contribution in [3.05, 3.63) is 78.4 Å². The van der Waals surface area contributed by atoms with Crippen LogP contribution in [0.5, 0.6) is 0 Å². The summed E-state index contributed by atoms with van der Waals surface area (Å²) in [5.74, 6) is 1.28. The highest BCUT2D eigenvalue weighted by molar-refractivity contribution is 14.0. The molecule has 0 bridgehead atoms. The van der Waals surface area contributed by atoms with Crippen LogP contribution in [0.15, 0.2) is 72.2 Å². The number of aliphatic hydroxyl groups is 1. The van der Waals surface area contributed by atoms with Crippen molar-refractivity contribution in [3.63, 3.8) is 0 Å². The van der Waals surface area contributed by atoms with Gasteiger partial charge >= 0.3 is 0 Å². The third kappa shape index (κ3) is 8.76. The number of benzene rings is 2. The molecular weight excluding hydrogens is 537 g/mol. The molecule has 0 radical (unpaired) electrons. The smallest absolute Gasteiger partial charge is 0.191 e. The second-order valence-electron chi connectivity index (χ2n) is 8.33. The van der Waals surface area contributed by atoms with Crippen LogP contribution in [0.2, 0.25) is 0 Å². The van der Waals surface area contributed by atoms with E-state index in [0.29, 0.717) is 12.5 Å². The van der Waals surface area contributed by atoms with Crippen molar-refractivity contribution in [2.75, 3.05) is 19.7 Å². The molecule has 0 spiro atoms. The monoisotopic (exact) mass is 575 g/mol. The van der Waals surface area contributed by atoms with Gasteiger partial charge < -0.3 is 20.3 Å². The van der Waals surface area contributed by atoms with Gasteiger partial charge in [-0.05, 0) is 47.9 Å². The Kier molecular flexibility index (Phi) is 12.7. The van der Waals surface area contributed by atoms with Crippen LogP contribution >= 0.6 is 24.0 Å². The number of aromatic nitrogens is 2. The molecule has 1 unspecified atom stereocenters. The molecule has 0 saturated carbocycles. The molecule has 0 aliphatic carbocycles. The van der Waals surface area contributed by atoms with Gasteiger partial charge in [0, 0.05) is 38.6 Å². The molecular formula is C27H38IN5O. The summed E-state index contributed by atoms with van der Waals surface area (Å²) in [7, 11) is 0. The van der Waals surface area contributed by atoms with Crippen molar-refractivity contribution in [3.8, 4) is 11.1 Å². The van der Waals surface area contributed by atoms with E-state index in [0.717, 1.165) is 44.9 Å². The minimum atomic E-state index is 0. The van der Waals surface area contributed by atoms with Crippen molar-refractivity contribution in [2.24, 2.45) is 10.9 Å². The fraction of sp³-hybridized carbons (Fsp3) is 0.407. The van der Waals surface area contributed by atoms with E-state index >= 15 is 0 Å². The maximum atomic E-state index is 9.33. The van der Waals surface area contributed by atoms with Crippen LogP contribution in [0.3, 0.4) is 0 Å². The molecule has 3 N–H and O–H groups in total. The van der Waals surface area contributed by atoms with E-state index in [4.69, 9.17) is 4.99 Å². The average Bonchev–Trinajstić information content (AvgIpc) is 3.35. The fourth-order valence-corrected chi connectivity index (χ4v) is 4.01. The standard InChI is InChI=1S/C27H37N5O.HI/c1-3-7-22(14-17-33)18-30-27(29-4-2)31-19-25-8-5-6-9-26(25)24-12-10-23(11-13-24)20-32-16-15-28-21-32;/h5-6,8-13,15-16,21-22,33H,3-4,7,14,17-20H2,1-2H3,(H2,29,30,31);1H. The zero-order valence-electron chi connectivity index (χ0n) is 20.3. The van der Waals surface area contributed by atoms with Crippen molar-refractivity contribution >= 4 is 29.9 Å². The normalized spacial score (nSPS) is 12.1. The minimum Gasteiger partial charge on any atom is -0.396 e. The third-order valence-corrected chi connectivity index (χ3v) is 5.75. The number of nitrogens with one attached hydrogen (secondary N) is 2. The van der Waals surface area contributed by atoms with Gasteiger partial charge in [0.1, 0.15) is 0 Å². The predicted molar refractivity (Wildman–Crippen MR) is 152 cm³/mol. The lowest BCUT2D eigenvalue weighted by atomic mass is 9.98. The third-order valence-electron chi connectivity index (χ3n) is 5.75. The van der Waals surface area contributed by atoms with Crippen LogP contribution in [0.1, 0.15) is 44.2 Å². The van der Waals surface area contributed by atoms with Gasteiger partial charge in [0.05, 0.1) is 12.9 Å². The summed E-state index contributed by atoms with van der Waals surface area (Å²) in [5.41, 5.74) is 4.84. The van der Waals surface area contributed by atoms with Gasteiger partial charge in [-0.2, -0.15) is 0 Å². The number of imidazole rings is 1. The molecule has 7 heteroatoms. The van der Waals surface area contributed by atoms with Crippen molar-refractivity contribution in [1.29, 1.82) is 0 Å². The number of rotatable bonds is 12. The Hall–Kier alpha value is -2.39. The molecule has 1 aromatic heterocycles. The summed E-state index contributed by atoms with van der Waals surface area (Å²) in [5, 5.41) is 16.1. The SMILES string of the molecule is CCCC(CCO)CNC(=NCc1ccccc1-c1ccc(Cn2ccnc2)cc1)NCC.I. The molecule has 0 fully saturated rings. The first-order valence-electron chi connectivity index (χ1n) is 12.0. The van der Waals surface area contributed by atoms with E-state index in [9.17, 15) is 5.11 Å². The Bertz CT molecular complexity index is 967. The largest absolute Gasteiger partial charge is 0.396 e. The Morgan fingerprint density at radius 2 is 1.85 bits per heavy atom. The van der Waals surface area contributed by atoms with Crippen LogP contribution in [0, 0.1) is 5.92 Å². The number of aliphatic imine (C=N–C) groups is 1. The first kappa shape index (κ1) is 27.9. The minimum absolute atomic E-state index is 0. The van der Waals surface area contributed by atoms with E-state index in [-0.39, 0.29) is 30.6 Å². The molecule has 3 aromatic rings.